The van der Waals surface area contributed by atoms with Crippen LogP contribution in [0, 0.1) is 12.2 Å². The highest BCUT2D eigenvalue weighted by Crippen LogP contribution is 2.15. The summed E-state index contributed by atoms with van der Waals surface area (Å²) in [6.07, 6.45) is 10.5. The Hall–Kier alpha value is -0.380. The maximum atomic E-state index is 5.68. The van der Waals surface area contributed by atoms with Gasteiger partial charge in [-0.25, -0.2) is 4.99 Å². The van der Waals surface area contributed by atoms with Crippen molar-refractivity contribution in [2.45, 2.75) is 72.3 Å². The minimum absolute atomic E-state index is 0.254. The van der Waals surface area contributed by atoms with E-state index in [0.29, 0.717) is 12.7 Å². The van der Waals surface area contributed by atoms with Crippen molar-refractivity contribution in [1.82, 2.24) is 0 Å². The number of ether oxygens (including phenoxy) is 2. The largest absolute Gasteiger partial charge is 0.451 e. The molecule has 0 aliphatic carbocycles. The fourth-order valence-corrected chi connectivity index (χ4v) is 2.47. The summed E-state index contributed by atoms with van der Waals surface area (Å²) in [6, 6.07) is 0. The Morgan fingerprint density at radius 2 is 1.86 bits per heavy atom. The van der Waals surface area contributed by atoms with Gasteiger partial charge in [0.1, 0.15) is 5.60 Å². The molecule has 125 valence electrons. The van der Waals surface area contributed by atoms with E-state index >= 15 is 0 Å². The number of hydrogen-bond acceptors (Lipinski definition) is 4. The molecule has 3 nitrogen and oxygen atoms in total. The van der Waals surface area contributed by atoms with Gasteiger partial charge in [0.2, 0.25) is 0 Å². The zero-order chi connectivity index (χ0) is 16.1. The number of thioether (sulfide) groups is 1. The van der Waals surface area contributed by atoms with Crippen LogP contribution in [-0.4, -0.2) is 30.6 Å². The van der Waals surface area contributed by atoms with Crippen LogP contribution in [0.3, 0.4) is 0 Å². The van der Waals surface area contributed by atoms with Crippen LogP contribution in [0.1, 0.15) is 66.7 Å². The van der Waals surface area contributed by atoms with E-state index in [9.17, 15) is 0 Å². The molecule has 0 amide bonds. The summed E-state index contributed by atoms with van der Waals surface area (Å²) < 4.78 is 11.1. The van der Waals surface area contributed by atoms with E-state index in [1.54, 1.807) is 11.8 Å². The van der Waals surface area contributed by atoms with E-state index in [4.69, 9.17) is 9.47 Å². The molecular weight excluding hydrogens is 282 g/mol. The van der Waals surface area contributed by atoms with E-state index < -0.39 is 0 Å². The predicted octanol–water partition coefficient (Wildman–Crippen LogP) is 5.31. The van der Waals surface area contributed by atoms with Gasteiger partial charge in [0, 0.05) is 12.8 Å². The minimum Gasteiger partial charge on any atom is -0.451 e. The summed E-state index contributed by atoms with van der Waals surface area (Å²) in [5.41, 5.74) is -0.254. The molecule has 0 aliphatic heterocycles. The van der Waals surface area contributed by atoms with Crippen LogP contribution in [0.5, 0.6) is 0 Å². The Labute approximate surface area is 136 Å². The first-order valence-electron chi connectivity index (χ1n) is 8.12. The third kappa shape index (κ3) is 14.3. The lowest BCUT2D eigenvalue weighted by atomic mass is 10.0. The summed E-state index contributed by atoms with van der Waals surface area (Å²) in [5.74, 6) is 1.96. The topological polar surface area (TPSA) is 30.8 Å². The van der Waals surface area contributed by atoms with Gasteiger partial charge in [-0.3, -0.25) is 0 Å². The quantitative estimate of drug-likeness (QED) is 0.311. The Bertz CT molecular complexity index is 274. The number of aliphatic imine (C=N–C) groups is 1. The normalized spacial score (nSPS) is 14.1. The predicted molar refractivity (Wildman–Crippen MR) is 94.8 cm³/mol. The first kappa shape index (κ1) is 20.6. The van der Waals surface area contributed by atoms with Gasteiger partial charge in [0.15, 0.2) is 0 Å². The molecule has 0 N–H and O–H groups in total. The van der Waals surface area contributed by atoms with E-state index in [0.717, 1.165) is 18.9 Å². The second-order valence-electron chi connectivity index (χ2n) is 6.47. The summed E-state index contributed by atoms with van der Waals surface area (Å²) in [7, 11) is 0. The number of unbranched alkanes of at least 4 members (excludes halogenated alkanes) is 3. The Kier molecular flexibility index (Phi) is 12.0. The molecule has 0 aromatic rings. The summed E-state index contributed by atoms with van der Waals surface area (Å²) in [4.78, 5) is 4.42. The first-order valence-corrected chi connectivity index (χ1v) is 9.27. The first-order chi connectivity index (χ1) is 9.89. The smallest absolute Gasteiger partial charge is 0.383 e. The second-order valence-corrected chi connectivity index (χ2v) is 7.22. The summed E-state index contributed by atoms with van der Waals surface area (Å²) in [6.45, 7) is 11.7. The highest BCUT2D eigenvalue weighted by Gasteiger charge is 2.15. The molecule has 0 aromatic heterocycles. The fourth-order valence-electron chi connectivity index (χ4n) is 1.91. The molecule has 1 radical (unpaired) electrons. The molecule has 0 saturated carbocycles. The van der Waals surface area contributed by atoms with Gasteiger partial charge in [-0.05, 0) is 52.2 Å². The molecule has 0 bridgehead atoms. The molecule has 0 saturated heterocycles. The van der Waals surface area contributed by atoms with Crippen molar-refractivity contribution >= 4 is 17.8 Å². The zero-order valence-electron chi connectivity index (χ0n) is 14.6. The Morgan fingerprint density at radius 1 is 1.19 bits per heavy atom. The molecule has 0 spiro atoms. The van der Waals surface area contributed by atoms with E-state index in [-0.39, 0.29) is 5.60 Å². The molecule has 0 aliphatic rings. The van der Waals surface area contributed by atoms with E-state index in [2.05, 4.69) is 18.2 Å². The molecular formula is C17H34NO2S. The van der Waals surface area contributed by atoms with Crippen LogP contribution >= 0.6 is 11.8 Å². The number of hydrogen-bond donors (Lipinski definition) is 0. The van der Waals surface area contributed by atoms with Gasteiger partial charge in [-0.15, -0.1) is 0 Å². The van der Waals surface area contributed by atoms with Crippen molar-refractivity contribution in [3.8, 4) is 0 Å². The molecule has 0 aromatic carbocycles. The van der Waals surface area contributed by atoms with Crippen molar-refractivity contribution in [2.75, 3.05) is 18.9 Å². The van der Waals surface area contributed by atoms with Crippen LogP contribution < -0.4 is 0 Å². The molecule has 21 heavy (non-hydrogen) atoms. The Morgan fingerprint density at radius 3 is 2.43 bits per heavy atom. The third-order valence-corrected chi connectivity index (χ3v) is 3.71. The average molecular weight is 317 g/mol. The lowest BCUT2D eigenvalue weighted by Gasteiger charge is -2.21. The highest BCUT2D eigenvalue weighted by atomic mass is 32.2. The lowest BCUT2D eigenvalue weighted by Crippen LogP contribution is -2.26. The standard InChI is InChI=1S/C17H34NO2S/c1-7-19-16(20-17(3,4)5)18-13-11-9-8-10-12-15(2)14-21-6/h15H,6-14H2,1-5H3/t15-/m0/s1. The number of nitrogens with zero attached hydrogens (tertiary/aromatic N) is 1. The molecule has 4 heteroatoms. The van der Waals surface area contributed by atoms with Crippen molar-refractivity contribution in [3.05, 3.63) is 6.26 Å². The number of rotatable bonds is 10. The molecule has 1 atom stereocenters. The van der Waals surface area contributed by atoms with Crippen LogP contribution in [0.25, 0.3) is 0 Å². The highest BCUT2D eigenvalue weighted by molar-refractivity contribution is 8.00. The monoisotopic (exact) mass is 316 g/mol. The van der Waals surface area contributed by atoms with Gasteiger partial charge < -0.3 is 9.47 Å². The Balaban J connectivity index is 3.75. The zero-order valence-corrected chi connectivity index (χ0v) is 15.4. The van der Waals surface area contributed by atoms with Crippen molar-refractivity contribution in [1.29, 1.82) is 0 Å². The molecule has 0 heterocycles. The van der Waals surface area contributed by atoms with Crippen molar-refractivity contribution < 1.29 is 9.47 Å². The van der Waals surface area contributed by atoms with Crippen LogP contribution in [0.2, 0.25) is 0 Å². The van der Waals surface area contributed by atoms with Crippen LogP contribution in [0.15, 0.2) is 4.99 Å². The van der Waals surface area contributed by atoms with Gasteiger partial charge >= 0.3 is 6.08 Å². The SMILES string of the molecule is [CH2]SC[C@@H](C)CCCCCCN=C(OCC)OC(C)(C)C. The van der Waals surface area contributed by atoms with Crippen molar-refractivity contribution in [2.24, 2.45) is 10.9 Å². The minimum atomic E-state index is -0.254. The van der Waals surface area contributed by atoms with Crippen molar-refractivity contribution in [3.63, 3.8) is 0 Å². The lowest BCUT2D eigenvalue weighted by molar-refractivity contribution is 0.0601. The van der Waals surface area contributed by atoms with E-state index in [1.165, 1.54) is 31.4 Å². The third-order valence-electron chi connectivity index (χ3n) is 2.91. The fraction of sp³-hybridized carbons (Fsp3) is 0.882. The maximum absolute atomic E-state index is 5.68. The van der Waals surface area contributed by atoms with Gasteiger partial charge in [0.25, 0.3) is 0 Å². The summed E-state index contributed by atoms with van der Waals surface area (Å²) >= 11 is 1.70. The average Bonchev–Trinajstić information content (AvgIpc) is 2.36. The summed E-state index contributed by atoms with van der Waals surface area (Å²) in [5, 5.41) is 0. The maximum Gasteiger partial charge on any atom is 0.383 e. The van der Waals surface area contributed by atoms with Crippen LogP contribution in [0.4, 0.5) is 0 Å². The molecule has 0 rings (SSSR count). The van der Waals surface area contributed by atoms with Gasteiger partial charge in [-0.1, -0.05) is 26.2 Å². The molecule has 0 unspecified atom stereocenters. The van der Waals surface area contributed by atoms with E-state index in [1.807, 2.05) is 27.7 Å². The van der Waals surface area contributed by atoms with Crippen LogP contribution in [-0.2, 0) is 9.47 Å². The van der Waals surface area contributed by atoms with Gasteiger partial charge in [0.05, 0.1) is 6.61 Å². The van der Waals surface area contributed by atoms with Gasteiger partial charge in [-0.2, -0.15) is 11.8 Å². The second kappa shape index (κ2) is 12.2. The molecule has 0 fully saturated rings.